The molecule has 0 radical (unpaired) electrons. The molecule has 6 heteroatoms. The van der Waals surface area contributed by atoms with E-state index in [2.05, 4.69) is 10.3 Å². The minimum atomic E-state index is -0.680. The molecule has 1 aliphatic rings. The third kappa shape index (κ3) is 2.56. The van der Waals surface area contributed by atoms with Crippen molar-refractivity contribution >= 4 is 28.2 Å². The first kappa shape index (κ1) is 18.3. The Labute approximate surface area is 161 Å². The average molecular weight is 391 g/mol. The van der Waals surface area contributed by atoms with Crippen LogP contribution in [0.25, 0.3) is 22.0 Å². The number of aromatic nitrogens is 1. The van der Waals surface area contributed by atoms with Gasteiger partial charge >= 0.3 is 0 Å². The molecule has 3 aromatic rings. The van der Waals surface area contributed by atoms with Gasteiger partial charge in [0.05, 0.1) is 22.2 Å². The second kappa shape index (κ2) is 5.94. The molecule has 0 amide bonds. The fourth-order valence-corrected chi connectivity index (χ4v) is 4.61. The van der Waals surface area contributed by atoms with Crippen molar-refractivity contribution in [3.05, 3.63) is 52.2 Å². The molecule has 27 heavy (non-hydrogen) atoms. The van der Waals surface area contributed by atoms with E-state index in [9.17, 15) is 13.9 Å². The highest BCUT2D eigenvalue weighted by molar-refractivity contribution is 6.35. The number of fused-ring (bicyclic) bond motifs is 2. The third-order valence-electron chi connectivity index (χ3n) is 5.63. The van der Waals surface area contributed by atoms with Gasteiger partial charge in [0.25, 0.3) is 0 Å². The number of hydrogen-bond donors (Lipinski definition) is 3. The van der Waals surface area contributed by atoms with Crippen molar-refractivity contribution in [2.24, 2.45) is 0 Å². The van der Waals surface area contributed by atoms with Crippen LogP contribution in [0.2, 0.25) is 5.02 Å². The van der Waals surface area contributed by atoms with Crippen molar-refractivity contribution < 1.29 is 13.9 Å². The number of benzene rings is 2. The van der Waals surface area contributed by atoms with Crippen molar-refractivity contribution in [1.29, 1.82) is 0 Å². The normalized spacial score (nSPS) is 21.2. The van der Waals surface area contributed by atoms with E-state index in [-0.39, 0.29) is 11.5 Å². The summed E-state index contributed by atoms with van der Waals surface area (Å²) in [7, 11) is 0. The fourth-order valence-electron chi connectivity index (χ4n) is 4.19. The van der Waals surface area contributed by atoms with Crippen molar-refractivity contribution in [3.63, 3.8) is 0 Å². The summed E-state index contributed by atoms with van der Waals surface area (Å²) in [6.45, 7) is 7.69. The molecule has 2 heterocycles. The molecule has 1 aromatic heterocycles. The molecule has 3 N–H and O–H groups in total. The Kier molecular flexibility index (Phi) is 4.02. The van der Waals surface area contributed by atoms with Crippen molar-refractivity contribution in [2.45, 2.75) is 45.3 Å². The largest absolute Gasteiger partial charge is 0.390 e. The van der Waals surface area contributed by atoms with Gasteiger partial charge < -0.3 is 15.4 Å². The summed E-state index contributed by atoms with van der Waals surface area (Å²) in [4.78, 5) is 2.92. The number of halogens is 3. The van der Waals surface area contributed by atoms with Crippen LogP contribution < -0.4 is 5.32 Å². The summed E-state index contributed by atoms with van der Waals surface area (Å²) >= 11 is 6.74. The molecule has 2 atom stereocenters. The molecule has 4 rings (SSSR count). The number of rotatable bonds is 1. The molecule has 1 aliphatic heterocycles. The standard InChI is InChI=1S/C21H21ClF2N2O/c1-9-7-12(16-14(24)8-13(23)11-5-6-25-19(11)16)17(22)15-10(2)20(27)21(3,4)26-18(9)15/h5-8,10,20,25-27H,1-4H3/t10-,20+/m0/s1. The van der Waals surface area contributed by atoms with Crippen LogP contribution in [-0.4, -0.2) is 21.7 Å². The quantitative estimate of drug-likeness (QED) is 0.496. The van der Waals surface area contributed by atoms with E-state index in [0.717, 1.165) is 22.9 Å². The highest BCUT2D eigenvalue weighted by atomic mass is 35.5. The lowest BCUT2D eigenvalue weighted by molar-refractivity contribution is 0.0869. The van der Waals surface area contributed by atoms with Crippen molar-refractivity contribution in [2.75, 3.05) is 5.32 Å². The SMILES string of the molecule is Cc1cc(-c2c(F)cc(F)c3cc[nH]c23)c(Cl)c2c1NC(C)(C)[C@H](O)[C@H]2C. The predicted molar refractivity (Wildman–Crippen MR) is 106 cm³/mol. The number of aromatic amines is 1. The van der Waals surface area contributed by atoms with E-state index < -0.39 is 23.3 Å². The van der Waals surface area contributed by atoms with Gasteiger partial charge in [0, 0.05) is 45.9 Å². The van der Waals surface area contributed by atoms with Crippen LogP contribution >= 0.6 is 11.6 Å². The number of H-pyrrole nitrogens is 1. The summed E-state index contributed by atoms with van der Waals surface area (Å²) in [6, 6.07) is 4.27. The lowest BCUT2D eigenvalue weighted by Crippen LogP contribution is -2.50. The monoisotopic (exact) mass is 390 g/mol. The van der Waals surface area contributed by atoms with E-state index >= 15 is 0 Å². The summed E-state index contributed by atoms with van der Waals surface area (Å²) in [5.74, 6) is -1.54. The van der Waals surface area contributed by atoms with Crippen LogP contribution in [0.4, 0.5) is 14.5 Å². The highest BCUT2D eigenvalue weighted by Gasteiger charge is 2.41. The molecular weight excluding hydrogens is 370 g/mol. The first-order valence-corrected chi connectivity index (χ1v) is 9.26. The summed E-state index contributed by atoms with van der Waals surface area (Å²) < 4.78 is 28.9. The summed E-state index contributed by atoms with van der Waals surface area (Å²) in [5, 5.41) is 14.7. The number of aryl methyl sites for hydroxylation is 1. The van der Waals surface area contributed by atoms with Gasteiger partial charge in [-0.3, -0.25) is 0 Å². The van der Waals surface area contributed by atoms with E-state index in [1.54, 1.807) is 12.3 Å². The minimum absolute atomic E-state index is 0.235. The molecule has 0 unspecified atom stereocenters. The van der Waals surface area contributed by atoms with Gasteiger partial charge in [-0.2, -0.15) is 0 Å². The topological polar surface area (TPSA) is 48.0 Å². The molecule has 0 fully saturated rings. The van der Waals surface area contributed by atoms with Crippen LogP contribution in [0.15, 0.2) is 24.4 Å². The molecule has 0 bridgehead atoms. The highest BCUT2D eigenvalue weighted by Crippen LogP contribution is 2.48. The van der Waals surface area contributed by atoms with Gasteiger partial charge in [0.15, 0.2) is 0 Å². The Bertz CT molecular complexity index is 1070. The van der Waals surface area contributed by atoms with Crippen molar-refractivity contribution in [3.8, 4) is 11.1 Å². The Morgan fingerprint density at radius 3 is 2.59 bits per heavy atom. The lowest BCUT2D eigenvalue weighted by atomic mass is 9.77. The zero-order valence-corrected chi connectivity index (χ0v) is 16.3. The molecule has 142 valence electrons. The fraction of sp³-hybridized carbons (Fsp3) is 0.333. The zero-order chi connectivity index (χ0) is 19.7. The van der Waals surface area contributed by atoms with Gasteiger partial charge in [-0.05, 0) is 38.5 Å². The second-order valence-electron chi connectivity index (χ2n) is 7.91. The second-order valence-corrected chi connectivity index (χ2v) is 8.28. The minimum Gasteiger partial charge on any atom is -0.390 e. The predicted octanol–water partition coefficient (Wildman–Crippen LogP) is 5.74. The average Bonchev–Trinajstić information content (AvgIpc) is 3.06. The molecule has 0 saturated heterocycles. The Morgan fingerprint density at radius 2 is 1.89 bits per heavy atom. The molecule has 2 aromatic carbocycles. The molecule has 0 aliphatic carbocycles. The van der Waals surface area contributed by atoms with E-state index in [1.807, 2.05) is 33.8 Å². The van der Waals surface area contributed by atoms with E-state index in [1.165, 1.54) is 0 Å². The van der Waals surface area contributed by atoms with Crippen LogP contribution in [0, 0.1) is 18.6 Å². The third-order valence-corrected chi connectivity index (χ3v) is 6.04. The number of aliphatic hydroxyl groups excluding tert-OH is 1. The van der Waals surface area contributed by atoms with E-state index in [0.29, 0.717) is 21.5 Å². The smallest absolute Gasteiger partial charge is 0.136 e. The first-order valence-electron chi connectivity index (χ1n) is 8.88. The lowest BCUT2D eigenvalue weighted by Gasteiger charge is -2.43. The van der Waals surface area contributed by atoms with Crippen molar-refractivity contribution in [1.82, 2.24) is 4.98 Å². The molecule has 0 saturated carbocycles. The Balaban J connectivity index is 2.04. The summed E-state index contributed by atoms with van der Waals surface area (Å²) in [5.41, 5.74) is 3.07. The maximum Gasteiger partial charge on any atom is 0.136 e. The number of aliphatic hydroxyl groups is 1. The Morgan fingerprint density at radius 1 is 1.19 bits per heavy atom. The number of hydrogen-bond acceptors (Lipinski definition) is 2. The molecular formula is C21H21ClF2N2O. The maximum absolute atomic E-state index is 14.8. The van der Waals surface area contributed by atoms with Gasteiger partial charge in [-0.15, -0.1) is 0 Å². The first-order chi connectivity index (χ1) is 12.6. The van der Waals surface area contributed by atoms with Crippen LogP contribution in [0.3, 0.4) is 0 Å². The summed E-state index contributed by atoms with van der Waals surface area (Å²) in [6.07, 6.45) is 0.910. The van der Waals surface area contributed by atoms with Crippen LogP contribution in [0.1, 0.15) is 37.8 Å². The van der Waals surface area contributed by atoms with Gasteiger partial charge in [-0.1, -0.05) is 18.5 Å². The number of nitrogens with one attached hydrogen (secondary N) is 2. The molecule has 0 spiro atoms. The van der Waals surface area contributed by atoms with Gasteiger partial charge in [-0.25, -0.2) is 8.78 Å². The van der Waals surface area contributed by atoms with Gasteiger partial charge in [0.2, 0.25) is 0 Å². The van der Waals surface area contributed by atoms with E-state index in [4.69, 9.17) is 11.6 Å². The van der Waals surface area contributed by atoms with Crippen LogP contribution in [0.5, 0.6) is 0 Å². The Hall–Kier alpha value is -2.11. The zero-order valence-electron chi connectivity index (χ0n) is 15.5. The molecule has 3 nitrogen and oxygen atoms in total. The number of anilines is 1. The van der Waals surface area contributed by atoms with Crippen LogP contribution in [-0.2, 0) is 0 Å². The maximum atomic E-state index is 14.8. The van der Waals surface area contributed by atoms with Gasteiger partial charge in [0.1, 0.15) is 11.6 Å².